The van der Waals surface area contributed by atoms with E-state index in [-0.39, 0.29) is 12.1 Å². The van der Waals surface area contributed by atoms with E-state index in [9.17, 15) is 65.9 Å². The van der Waals surface area contributed by atoms with Crippen molar-refractivity contribution in [2.75, 3.05) is 0 Å². The molecular weight excluding hydrogens is 441 g/mol. The van der Waals surface area contributed by atoms with Crippen molar-refractivity contribution in [1.82, 2.24) is 0 Å². The van der Waals surface area contributed by atoms with Crippen molar-refractivity contribution in [2.45, 2.75) is 41.7 Å². The summed E-state index contributed by atoms with van der Waals surface area (Å²) in [4.78, 5) is 0. The van der Waals surface area contributed by atoms with E-state index in [1.54, 1.807) is 0 Å². The first-order valence-electron chi connectivity index (χ1n) is 6.41. The van der Waals surface area contributed by atoms with E-state index in [1.165, 1.54) is 0 Å². The third-order valence-electron chi connectivity index (χ3n) is 3.41. The highest BCUT2D eigenvalue weighted by Crippen LogP contribution is 2.63. The summed E-state index contributed by atoms with van der Waals surface area (Å²) in [7, 11) is 0. The SMILES string of the molecule is FC(F)(F)C(F)(F)C(F)(F)C(F)(F)C(F)(F)C(F)(F)C(F)(F)c1cc[c]cc1. The second-order valence-corrected chi connectivity index (χ2v) is 5.23. The second kappa shape index (κ2) is 6.34. The van der Waals surface area contributed by atoms with Crippen molar-refractivity contribution in [3.05, 3.63) is 35.9 Å². The zero-order chi connectivity index (χ0) is 22.6. The second-order valence-electron chi connectivity index (χ2n) is 5.23. The number of halogens is 15. The van der Waals surface area contributed by atoms with Gasteiger partial charge in [0, 0.05) is 5.56 Å². The van der Waals surface area contributed by atoms with Crippen molar-refractivity contribution < 1.29 is 65.9 Å². The van der Waals surface area contributed by atoms with Gasteiger partial charge in [-0.05, 0) is 6.07 Å². The van der Waals surface area contributed by atoms with E-state index in [1.807, 2.05) is 6.07 Å². The molecule has 0 nitrogen and oxygen atoms in total. The predicted octanol–water partition coefficient (Wildman–Crippen LogP) is 6.32. The van der Waals surface area contributed by atoms with Gasteiger partial charge in [-0.2, -0.15) is 65.9 Å². The molecule has 0 heterocycles. The maximum absolute atomic E-state index is 13.6. The molecule has 0 saturated carbocycles. The molecule has 0 unspecified atom stereocenters. The van der Waals surface area contributed by atoms with Crippen LogP contribution in [-0.4, -0.2) is 35.8 Å². The molecule has 0 saturated heterocycles. The molecule has 0 fully saturated rings. The third kappa shape index (κ3) is 2.96. The van der Waals surface area contributed by atoms with Gasteiger partial charge in [0.2, 0.25) is 0 Å². The Bertz CT molecular complexity index is 686. The molecule has 0 atom stereocenters. The minimum atomic E-state index is -8.27. The molecule has 161 valence electrons. The van der Waals surface area contributed by atoms with E-state index in [0.29, 0.717) is 12.1 Å². The lowest BCUT2D eigenvalue weighted by atomic mass is 9.89. The van der Waals surface area contributed by atoms with Gasteiger partial charge >= 0.3 is 41.7 Å². The fourth-order valence-electron chi connectivity index (χ4n) is 1.74. The van der Waals surface area contributed by atoms with Gasteiger partial charge in [-0.1, -0.05) is 24.3 Å². The van der Waals surface area contributed by atoms with E-state index in [4.69, 9.17) is 0 Å². The van der Waals surface area contributed by atoms with Gasteiger partial charge in [0.25, 0.3) is 0 Å². The summed E-state index contributed by atoms with van der Waals surface area (Å²) in [5.41, 5.74) is -2.15. The molecule has 0 spiro atoms. The molecule has 0 aromatic heterocycles. The molecule has 1 aromatic carbocycles. The Morgan fingerprint density at radius 3 is 1.14 bits per heavy atom. The Morgan fingerprint density at radius 2 is 0.786 bits per heavy atom. The fourth-order valence-corrected chi connectivity index (χ4v) is 1.74. The van der Waals surface area contributed by atoms with Gasteiger partial charge in [-0.15, -0.1) is 0 Å². The average Bonchev–Trinajstić information content (AvgIpc) is 2.53. The minimum Gasteiger partial charge on any atom is -0.194 e. The maximum Gasteiger partial charge on any atom is 0.460 e. The van der Waals surface area contributed by atoms with Gasteiger partial charge in [0.1, 0.15) is 0 Å². The Hall–Kier alpha value is -1.83. The summed E-state index contributed by atoms with van der Waals surface area (Å²) in [5, 5.41) is 0. The quantitative estimate of drug-likeness (QED) is 0.450. The molecule has 15 heteroatoms. The average molecular weight is 445 g/mol. The summed E-state index contributed by atoms with van der Waals surface area (Å²) < 4.78 is 195. The first-order chi connectivity index (χ1) is 12.1. The molecule has 1 rings (SSSR count). The monoisotopic (exact) mass is 445 g/mol. The first-order valence-corrected chi connectivity index (χ1v) is 6.41. The fraction of sp³-hybridized carbons (Fsp3) is 0.538. The van der Waals surface area contributed by atoms with Crippen LogP contribution in [0.25, 0.3) is 0 Å². The van der Waals surface area contributed by atoms with Crippen molar-refractivity contribution in [3.63, 3.8) is 0 Å². The Balaban J connectivity index is 3.62. The van der Waals surface area contributed by atoms with E-state index in [0.717, 1.165) is 0 Å². The van der Waals surface area contributed by atoms with E-state index >= 15 is 0 Å². The summed E-state index contributed by atoms with van der Waals surface area (Å²) in [6.07, 6.45) is -7.61. The molecular formula is C13H4F15. The van der Waals surface area contributed by atoms with Crippen LogP contribution in [0.5, 0.6) is 0 Å². The highest BCUT2D eigenvalue weighted by atomic mass is 19.4. The largest absolute Gasteiger partial charge is 0.460 e. The first kappa shape index (κ1) is 24.2. The number of hydrogen-bond donors (Lipinski definition) is 0. The smallest absolute Gasteiger partial charge is 0.194 e. The number of alkyl halides is 15. The van der Waals surface area contributed by atoms with E-state index in [2.05, 4.69) is 0 Å². The van der Waals surface area contributed by atoms with Gasteiger partial charge in [0.05, 0.1) is 0 Å². The van der Waals surface area contributed by atoms with Crippen molar-refractivity contribution in [2.24, 2.45) is 0 Å². The van der Waals surface area contributed by atoms with Crippen LogP contribution in [0.4, 0.5) is 65.9 Å². The summed E-state index contributed by atoms with van der Waals surface area (Å²) in [5.74, 6) is -46.5. The molecule has 0 aliphatic carbocycles. The zero-order valence-corrected chi connectivity index (χ0v) is 12.5. The highest BCUT2D eigenvalue weighted by molar-refractivity contribution is 5.25. The topological polar surface area (TPSA) is 0 Å². The van der Waals surface area contributed by atoms with Crippen LogP contribution in [0.15, 0.2) is 24.3 Å². The van der Waals surface area contributed by atoms with Crippen LogP contribution in [-0.2, 0) is 5.92 Å². The molecule has 1 aromatic rings. The van der Waals surface area contributed by atoms with Gasteiger partial charge in [-0.3, -0.25) is 0 Å². The van der Waals surface area contributed by atoms with Crippen molar-refractivity contribution >= 4 is 0 Å². The van der Waals surface area contributed by atoms with Crippen LogP contribution in [0.3, 0.4) is 0 Å². The molecule has 0 bridgehead atoms. The van der Waals surface area contributed by atoms with Crippen LogP contribution >= 0.6 is 0 Å². The normalized spacial score (nSPS) is 15.7. The Labute approximate surface area is 144 Å². The molecule has 0 aliphatic rings. The highest BCUT2D eigenvalue weighted by Gasteiger charge is 2.93. The van der Waals surface area contributed by atoms with Crippen molar-refractivity contribution in [3.8, 4) is 0 Å². The molecule has 0 N–H and O–H groups in total. The van der Waals surface area contributed by atoms with Gasteiger partial charge < -0.3 is 0 Å². The summed E-state index contributed by atoms with van der Waals surface area (Å²) in [6, 6.07) is 2.55. The zero-order valence-electron chi connectivity index (χ0n) is 12.5. The van der Waals surface area contributed by atoms with Gasteiger partial charge in [-0.25, -0.2) is 0 Å². The molecule has 0 aliphatic heterocycles. The molecule has 1 radical (unpaired) electrons. The summed E-state index contributed by atoms with van der Waals surface area (Å²) in [6.45, 7) is 0. The molecule has 28 heavy (non-hydrogen) atoms. The standard InChI is InChI=1S/C13H4F15/c14-7(15,6-4-2-1-3-5-6)8(16,17)9(18,19)10(20,21)11(22,23)12(24,25)13(26,27)28/h2-5H. The maximum atomic E-state index is 13.6. The lowest BCUT2D eigenvalue weighted by molar-refractivity contribution is -0.453. The number of hydrogen-bond acceptors (Lipinski definition) is 0. The number of benzene rings is 1. The lowest BCUT2D eigenvalue weighted by Gasteiger charge is -2.41. The van der Waals surface area contributed by atoms with Crippen LogP contribution in [0, 0.1) is 6.07 Å². The van der Waals surface area contributed by atoms with Crippen LogP contribution in [0.1, 0.15) is 5.56 Å². The lowest BCUT2D eigenvalue weighted by Crippen LogP contribution is -2.72. The number of rotatable bonds is 6. The third-order valence-corrected chi connectivity index (χ3v) is 3.41. The van der Waals surface area contributed by atoms with E-state index < -0.39 is 47.3 Å². The Morgan fingerprint density at radius 1 is 0.464 bits per heavy atom. The minimum absolute atomic E-state index is 0.0788. The van der Waals surface area contributed by atoms with Crippen LogP contribution in [0.2, 0.25) is 0 Å². The van der Waals surface area contributed by atoms with Gasteiger partial charge in [0.15, 0.2) is 0 Å². The van der Waals surface area contributed by atoms with Crippen LogP contribution < -0.4 is 0 Å². The predicted molar refractivity (Wildman–Crippen MR) is 60.0 cm³/mol. The Kier molecular flexibility index (Phi) is 5.48. The van der Waals surface area contributed by atoms with Crippen molar-refractivity contribution in [1.29, 1.82) is 0 Å². The summed E-state index contributed by atoms with van der Waals surface area (Å²) >= 11 is 0. The molecule has 0 amide bonds.